The van der Waals surface area contributed by atoms with E-state index in [-0.39, 0.29) is 35.5 Å². The van der Waals surface area contributed by atoms with E-state index in [1.165, 1.54) is 4.90 Å². The zero-order valence-electron chi connectivity index (χ0n) is 17.6. The number of nitrogens with one attached hydrogen (secondary N) is 2. The van der Waals surface area contributed by atoms with E-state index >= 15 is 0 Å². The second-order valence-corrected chi connectivity index (χ2v) is 8.43. The van der Waals surface area contributed by atoms with E-state index in [2.05, 4.69) is 44.9 Å². The number of guanidine groups is 1. The highest BCUT2D eigenvalue weighted by Gasteiger charge is 2.58. The van der Waals surface area contributed by atoms with Crippen LogP contribution in [0.5, 0.6) is 0 Å². The Morgan fingerprint density at radius 2 is 1.84 bits per heavy atom. The zero-order chi connectivity index (χ0) is 21.4. The topological polar surface area (TPSA) is 86.7 Å². The Labute approximate surface area is 181 Å². The third-order valence-corrected chi connectivity index (χ3v) is 6.68. The smallest absolute Gasteiger partial charge is 0.233 e. The van der Waals surface area contributed by atoms with Crippen molar-refractivity contribution >= 4 is 28.5 Å². The maximum atomic E-state index is 12.8. The Hall–Kier alpha value is -3.22. The minimum absolute atomic E-state index is 0.00413. The van der Waals surface area contributed by atoms with Gasteiger partial charge in [-0.25, -0.2) is 4.99 Å². The molecule has 7 nitrogen and oxygen atoms in total. The molecule has 5 rings (SSSR count). The number of pyridine rings is 1. The summed E-state index contributed by atoms with van der Waals surface area (Å²) in [6, 6.07) is 10.1. The van der Waals surface area contributed by atoms with Gasteiger partial charge in [0.15, 0.2) is 5.96 Å². The van der Waals surface area contributed by atoms with Crippen molar-refractivity contribution in [3.8, 4) is 0 Å². The van der Waals surface area contributed by atoms with Gasteiger partial charge >= 0.3 is 0 Å². The van der Waals surface area contributed by atoms with Crippen LogP contribution < -0.4 is 10.6 Å². The van der Waals surface area contributed by atoms with Crippen molar-refractivity contribution in [2.75, 3.05) is 19.6 Å². The number of rotatable bonds is 6. The van der Waals surface area contributed by atoms with Crippen molar-refractivity contribution in [1.82, 2.24) is 20.5 Å². The lowest BCUT2D eigenvalue weighted by Gasteiger charge is -2.18. The lowest BCUT2D eigenvalue weighted by atomic mass is 9.85. The van der Waals surface area contributed by atoms with Crippen molar-refractivity contribution in [3.63, 3.8) is 0 Å². The minimum atomic E-state index is -0.137. The Morgan fingerprint density at radius 1 is 1.10 bits per heavy atom. The summed E-state index contributed by atoms with van der Waals surface area (Å²) < 4.78 is 0. The fourth-order valence-electron chi connectivity index (χ4n) is 5.27. The number of carbonyl (C=O) groups is 2. The lowest BCUT2D eigenvalue weighted by Crippen LogP contribution is -2.43. The molecule has 2 aliphatic carbocycles. The number of aliphatic imine (C=N–C) groups is 1. The van der Waals surface area contributed by atoms with Crippen molar-refractivity contribution < 1.29 is 9.59 Å². The van der Waals surface area contributed by atoms with Crippen molar-refractivity contribution in [1.29, 1.82) is 0 Å². The predicted molar refractivity (Wildman–Crippen MR) is 119 cm³/mol. The number of likely N-dealkylation sites (tertiary alicyclic amines) is 1. The SMILES string of the molecule is CCNC(=NCc1nccc2ccccc12)NCCN1C(=O)C2C3C=CC(C3)C2C1=O. The first-order valence-electron chi connectivity index (χ1n) is 11.1. The molecule has 2 amide bonds. The molecule has 0 spiro atoms. The molecule has 3 aliphatic rings. The number of hydrogen-bond acceptors (Lipinski definition) is 4. The largest absolute Gasteiger partial charge is 0.357 e. The second-order valence-electron chi connectivity index (χ2n) is 8.43. The molecule has 1 saturated heterocycles. The first-order valence-corrected chi connectivity index (χ1v) is 11.1. The maximum Gasteiger partial charge on any atom is 0.233 e. The van der Waals surface area contributed by atoms with Crippen LogP contribution in [-0.2, 0) is 16.1 Å². The minimum Gasteiger partial charge on any atom is -0.357 e. The average molecular weight is 418 g/mol. The summed E-state index contributed by atoms with van der Waals surface area (Å²) in [5.74, 6) is 0.862. The zero-order valence-corrected chi connectivity index (χ0v) is 17.6. The van der Waals surface area contributed by atoms with Gasteiger partial charge in [0, 0.05) is 31.2 Å². The van der Waals surface area contributed by atoms with E-state index in [4.69, 9.17) is 0 Å². The summed E-state index contributed by atoms with van der Waals surface area (Å²) in [6.45, 7) is 3.99. The van der Waals surface area contributed by atoms with Gasteiger partial charge in [0.05, 0.1) is 24.1 Å². The van der Waals surface area contributed by atoms with Gasteiger partial charge in [-0.05, 0) is 36.6 Å². The number of imide groups is 1. The number of carbonyl (C=O) groups excluding carboxylic acids is 2. The highest BCUT2D eigenvalue weighted by molar-refractivity contribution is 6.06. The monoisotopic (exact) mass is 417 g/mol. The molecule has 2 fully saturated rings. The number of fused-ring (bicyclic) bond motifs is 6. The van der Waals surface area contributed by atoms with Crippen LogP contribution in [0.4, 0.5) is 0 Å². The van der Waals surface area contributed by atoms with E-state index in [1.54, 1.807) is 6.20 Å². The van der Waals surface area contributed by atoms with Crippen molar-refractivity contribution in [3.05, 3.63) is 54.4 Å². The fourth-order valence-corrected chi connectivity index (χ4v) is 5.27. The third kappa shape index (κ3) is 3.48. The summed E-state index contributed by atoms with van der Waals surface area (Å²) in [6.07, 6.45) is 7.00. The molecule has 2 N–H and O–H groups in total. The molecule has 0 radical (unpaired) electrons. The van der Waals surface area contributed by atoms with Gasteiger partial charge < -0.3 is 10.6 Å². The fraction of sp³-hybridized carbons (Fsp3) is 0.417. The van der Waals surface area contributed by atoms with Crippen LogP contribution in [0.25, 0.3) is 10.8 Å². The van der Waals surface area contributed by atoms with E-state index in [1.807, 2.05) is 25.1 Å². The summed E-state index contributed by atoms with van der Waals surface area (Å²) in [4.78, 5) is 36.2. The maximum absolute atomic E-state index is 12.8. The molecule has 7 heteroatoms. The Kier molecular flexibility index (Phi) is 5.18. The number of amides is 2. The number of nitrogens with zero attached hydrogens (tertiary/aromatic N) is 3. The number of aromatic nitrogens is 1. The summed E-state index contributed by atoms with van der Waals surface area (Å²) in [5.41, 5.74) is 0.913. The van der Waals surface area contributed by atoms with Crippen molar-refractivity contribution in [2.24, 2.45) is 28.7 Å². The quantitative estimate of drug-likeness (QED) is 0.325. The molecule has 31 heavy (non-hydrogen) atoms. The second kappa shape index (κ2) is 8.13. The molecular formula is C24H27N5O2. The summed E-state index contributed by atoms with van der Waals surface area (Å²) >= 11 is 0. The number of hydrogen-bond donors (Lipinski definition) is 2. The Balaban J connectivity index is 1.22. The predicted octanol–water partition coefficient (Wildman–Crippen LogP) is 2.10. The molecule has 4 unspecified atom stereocenters. The van der Waals surface area contributed by atoms with Gasteiger partial charge in [0.2, 0.25) is 11.8 Å². The summed E-state index contributed by atoms with van der Waals surface area (Å²) in [5, 5.41) is 8.72. The molecule has 2 heterocycles. The van der Waals surface area contributed by atoms with Crippen LogP contribution >= 0.6 is 0 Å². The average Bonchev–Trinajstić information content (AvgIpc) is 3.47. The molecule has 2 aromatic rings. The first kappa shape index (κ1) is 19.7. The van der Waals surface area contributed by atoms with Crippen LogP contribution in [0.2, 0.25) is 0 Å². The van der Waals surface area contributed by atoms with Crippen LogP contribution in [0.1, 0.15) is 19.0 Å². The lowest BCUT2D eigenvalue weighted by molar-refractivity contribution is -0.140. The van der Waals surface area contributed by atoms with Gasteiger partial charge in [-0.3, -0.25) is 19.5 Å². The summed E-state index contributed by atoms with van der Waals surface area (Å²) in [7, 11) is 0. The van der Waals surface area contributed by atoms with Gasteiger partial charge in [-0.1, -0.05) is 36.4 Å². The first-order chi connectivity index (χ1) is 15.2. The molecule has 1 aliphatic heterocycles. The Morgan fingerprint density at radius 3 is 2.58 bits per heavy atom. The van der Waals surface area contributed by atoms with Gasteiger partial charge in [0.1, 0.15) is 0 Å². The van der Waals surface area contributed by atoms with E-state index < -0.39 is 0 Å². The van der Waals surface area contributed by atoms with E-state index in [0.29, 0.717) is 25.6 Å². The molecule has 1 saturated carbocycles. The van der Waals surface area contributed by atoms with E-state index in [0.717, 1.165) is 29.4 Å². The normalized spacial score (nSPS) is 26.7. The van der Waals surface area contributed by atoms with Gasteiger partial charge in [0.25, 0.3) is 0 Å². The van der Waals surface area contributed by atoms with Gasteiger partial charge in [-0.15, -0.1) is 0 Å². The van der Waals surface area contributed by atoms with Crippen LogP contribution in [0, 0.1) is 23.7 Å². The van der Waals surface area contributed by atoms with Crippen LogP contribution in [0.15, 0.2) is 53.7 Å². The number of allylic oxidation sites excluding steroid dienone is 2. The number of benzene rings is 1. The molecular weight excluding hydrogens is 390 g/mol. The third-order valence-electron chi connectivity index (χ3n) is 6.68. The van der Waals surface area contributed by atoms with E-state index in [9.17, 15) is 9.59 Å². The Bertz CT molecular complexity index is 1040. The molecule has 1 aromatic carbocycles. The van der Waals surface area contributed by atoms with Crippen molar-refractivity contribution in [2.45, 2.75) is 19.9 Å². The molecule has 1 aromatic heterocycles. The highest BCUT2D eigenvalue weighted by Crippen LogP contribution is 2.52. The highest BCUT2D eigenvalue weighted by atomic mass is 16.2. The standard InChI is InChI=1S/C24H27N5O2/c1-2-25-24(28-14-19-18-6-4-3-5-15(18)9-10-26-19)27-11-12-29-22(30)20-16-7-8-17(13-16)21(20)23(29)31/h3-10,16-17,20-21H,2,11-14H2,1H3,(H2,25,27,28). The molecule has 4 atom stereocenters. The van der Waals surface area contributed by atoms with Gasteiger partial charge in [-0.2, -0.15) is 0 Å². The van der Waals surface area contributed by atoms with Crippen LogP contribution in [-0.4, -0.2) is 47.3 Å². The van der Waals surface area contributed by atoms with Crippen LogP contribution in [0.3, 0.4) is 0 Å². The molecule has 160 valence electrons. The molecule has 2 bridgehead atoms.